The second-order valence-corrected chi connectivity index (χ2v) is 11.1. The van der Waals surface area contributed by atoms with Gasteiger partial charge in [0.25, 0.3) is 0 Å². The zero-order chi connectivity index (χ0) is 31.5. The lowest BCUT2D eigenvalue weighted by molar-refractivity contribution is -0.112. The monoisotopic (exact) mass is 598 g/mol. The van der Waals surface area contributed by atoms with Crippen LogP contribution in [0.4, 0.5) is 0 Å². The van der Waals surface area contributed by atoms with Gasteiger partial charge < -0.3 is 20.4 Å². The summed E-state index contributed by atoms with van der Waals surface area (Å²) >= 11 is 0. The maximum Gasteiger partial charge on any atom is 0.185 e. The number of rotatable bonds is 6. The Bertz CT molecular complexity index is 1770. The van der Waals surface area contributed by atoms with E-state index in [0.29, 0.717) is 52.9 Å². The van der Waals surface area contributed by atoms with Crippen molar-refractivity contribution in [1.29, 1.82) is 0 Å². The first-order valence-corrected chi connectivity index (χ1v) is 14.5. The first-order chi connectivity index (χ1) is 21.9. The maximum atomic E-state index is 13.0. The van der Waals surface area contributed by atoms with Crippen LogP contribution in [0.1, 0.15) is 58.3 Å². The fraction of sp³-hybridized carbons (Fsp3) is 0.135. The lowest BCUT2D eigenvalue weighted by Gasteiger charge is -2.26. The second kappa shape index (κ2) is 12.5. The van der Waals surface area contributed by atoms with E-state index in [2.05, 4.69) is 9.97 Å². The molecule has 0 saturated carbocycles. The molecule has 0 fully saturated rings. The number of benzene rings is 2. The van der Waals surface area contributed by atoms with Gasteiger partial charge in [-0.1, -0.05) is 36.4 Å². The van der Waals surface area contributed by atoms with Gasteiger partial charge in [-0.15, -0.1) is 0 Å². The molecule has 0 spiro atoms. The zero-order valence-electron chi connectivity index (χ0n) is 24.2. The topological polar surface area (TPSA) is 141 Å². The first kappa shape index (κ1) is 29.3. The standard InChI is InChI=1S/C37H30N2O6/c40-20-30-26(16-24(18-36(30)44)32-5-1-3-11-38-32)28-14-22(7-9-34(28)42)13-23-8-10-35(43)29(15-23)27-17-25(19-37(45)31(27)21-41)33-6-2-4-12-39-33/h1-12,14-15,18-21,26-27,40-43H,13,16-17H2/b30-20-,31-21-. The summed E-state index contributed by atoms with van der Waals surface area (Å²) in [7, 11) is 0. The number of aromatic nitrogens is 2. The smallest absolute Gasteiger partial charge is 0.185 e. The fourth-order valence-corrected chi connectivity index (χ4v) is 6.15. The summed E-state index contributed by atoms with van der Waals surface area (Å²) in [5, 5.41) is 41.8. The lowest BCUT2D eigenvalue weighted by atomic mass is 9.77. The van der Waals surface area contributed by atoms with Crippen LogP contribution in [0.15, 0.2) is 121 Å². The van der Waals surface area contributed by atoms with Gasteiger partial charge in [0.05, 0.1) is 23.9 Å². The van der Waals surface area contributed by atoms with E-state index in [4.69, 9.17) is 0 Å². The SMILES string of the molecule is O=C1C=C(c2ccccn2)CC(c2cc(Cc3ccc(O)c(C4CC(c5ccccn5)=CC(=O)/C4=C\O)c3)ccc2O)/C1=C/O. The summed E-state index contributed by atoms with van der Waals surface area (Å²) in [5.41, 5.74) is 5.71. The second-order valence-electron chi connectivity index (χ2n) is 11.1. The Balaban J connectivity index is 1.31. The number of phenolic OH excluding ortho intramolecular Hbond substituents is 2. The van der Waals surface area contributed by atoms with Gasteiger partial charge in [-0.3, -0.25) is 19.6 Å². The van der Waals surface area contributed by atoms with Crippen LogP contribution in [0.3, 0.4) is 0 Å². The molecular weight excluding hydrogens is 568 g/mol. The summed E-state index contributed by atoms with van der Waals surface area (Å²) in [6.45, 7) is 0. The molecule has 8 heteroatoms. The molecule has 0 radical (unpaired) electrons. The van der Waals surface area contributed by atoms with Crippen molar-refractivity contribution in [3.05, 3.63) is 155 Å². The van der Waals surface area contributed by atoms with Gasteiger partial charge in [0.15, 0.2) is 11.6 Å². The van der Waals surface area contributed by atoms with Crippen LogP contribution in [-0.4, -0.2) is 42.0 Å². The van der Waals surface area contributed by atoms with Crippen LogP contribution in [0.2, 0.25) is 0 Å². The number of aliphatic hydroxyl groups excluding tert-OH is 2. The van der Waals surface area contributed by atoms with E-state index in [1.807, 2.05) is 36.4 Å². The Morgan fingerprint density at radius 1 is 0.644 bits per heavy atom. The van der Waals surface area contributed by atoms with Crippen molar-refractivity contribution in [2.75, 3.05) is 0 Å². The van der Waals surface area contributed by atoms with E-state index in [1.165, 1.54) is 12.2 Å². The average molecular weight is 599 g/mol. The Kier molecular flexibility index (Phi) is 8.12. The van der Waals surface area contributed by atoms with Crippen molar-refractivity contribution in [3.8, 4) is 11.5 Å². The highest BCUT2D eigenvalue weighted by atomic mass is 16.3. The number of carbonyl (C=O) groups is 2. The van der Waals surface area contributed by atoms with E-state index in [-0.39, 0.29) is 34.2 Å². The number of aromatic hydroxyl groups is 2. The maximum absolute atomic E-state index is 13.0. The minimum absolute atomic E-state index is 0.00292. The third-order valence-electron chi connectivity index (χ3n) is 8.39. The molecule has 2 heterocycles. The van der Waals surface area contributed by atoms with Crippen molar-refractivity contribution in [2.45, 2.75) is 31.1 Å². The summed E-state index contributed by atoms with van der Waals surface area (Å²) < 4.78 is 0. The summed E-state index contributed by atoms with van der Waals surface area (Å²) in [5.74, 6) is -1.90. The molecule has 0 aliphatic heterocycles. The number of carbonyl (C=O) groups excluding carboxylic acids is 2. The first-order valence-electron chi connectivity index (χ1n) is 14.5. The van der Waals surface area contributed by atoms with Crippen molar-refractivity contribution < 1.29 is 30.0 Å². The Morgan fingerprint density at radius 2 is 1.09 bits per heavy atom. The van der Waals surface area contributed by atoms with Gasteiger partial charge in [-0.25, -0.2) is 0 Å². The van der Waals surface area contributed by atoms with E-state index in [1.54, 1.807) is 48.8 Å². The number of hydrogen-bond donors (Lipinski definition) is 4. The van der Waals surface area contributed by atoms with Gasteiger partial charge >= 0.3 is 0 Å². The summed E-state index contributed by atoms with van der Waals surface area (Å²) in [6, 6.07) is 21.2. The normalized spacial score (nSPS) is 20.3. The number of pyridine rings is 2. The van der Waals surface area contributed by atoms with Crippen LogP contribution in [-0.2, 0) is 16.0 Å². The third kappa shape index (κ3) is 5.90. The molecule has 0 bridgehead atoms. The number of phenols is 2. The third-order valence-corrected chi connectivity index (χ3v) is 8.39. The van der Waals surface area contributed by atoms with E-state index in [9.17, 15) is 30.0 Å². The van der Waals surface area contributed by atoms with Crippen molar-refractivity contribution in [3.63, 3.8) is 0 Å². The van der Waals surface area contributed by atoms with Gasteiger partial charge in [0, 0.05) is 46.5 Å². The zero-order valence-corrected chi connectivity index (χ0v) is 24.2. The van der Waals surface area contributed by atoms with Gasteiger partial charge in [0.2, 0.25) is 0 Å². The van der Waals surface area contributed by atoms with Crippen molar-refractivity contribution in [2.24, 2.45) is 0 Å². The molecule has 45 heavy (non-hydrogen) atoms. The molecule has 8 nitrogen and oxygen atoms in total. The van der Waals surface area contributed by atoms with E-state index in [0.717, 1.165) is 23.7 Å². The fourth-order valence-electron chi connectivity index (χ4n) is 6.15. The molecule has 4 aromatic rings. The Morgan fingerprint density at radius 3 is 1.47 bits per heavy atom. The highest BCUT2D eigenvalue weighted by molar-refractivity contribution is 6.11. The van der Waals surface area contributed by atoms with Gasteiger partial charge in [0.1, 0.15) is 11.5 Å². The van der Waals surface area contributed by atoms with E-state index >= 15 is 0 Å². The number of aliphatic hydroxyl groups is 2. The van der Waals surface area contributed by atoms with Crippen molar-refractivity contribution >= 4 is 22.7 Å². The number of nitrogens with zero attached hydrogens (tertiary/aromatic N) is 2. The molecule has 2 aliphatic carbocycles. The molecule has 2 atom stereocenters. The van der Waals surface area contributed by atoms with E-state index < -0.39 is 11.8 Å². The molecule has 6 rings (SSSR count). The molecule has 2 aromatic heterocycles. The largest absolute Gasteiger partial charge is 0.515 e. The quantitative estimate of drug-likeness (QED) is 0.143. The molecule has 2 aliphatic rings. The predicted octanol–water partition coefficient (Wildman–Crippen LogP) is 6.64. The number of allylic oxidation sites excluding steroid dienone is 6. The number of ketones is 2. The van der Waals surface area contributed by atoms with Crippen LogP contribution < -0.4 is 0 Å². The van der Waals surface area contributed by atoms with Crippen LogP contribution in [0.25, 0.3) is 11.1 Å². The highest BCUT2D eigenvalue weighted by Gasteiger charge is 2.32. The Labute approximate surface area is 259 Å². The predicted molar refractivity (Wildman–Crippen MR) is 170 cm³/mol. The molecule has 4 N–H and O–H groups in total. The summed E-state index contributed by atoms with van der Waals surface area (Å²) in [4.78, 5) is 34.7. The van der Waals surface area contributed by atoms with Crippen molar-refractivity contribution in [1.82, 2.24) is 9.97 Å². The minimum atomic E-state index is -0.595. The molecule has 0 amide bonds. The molecule has 2 unspecified atom stereocenters. The number of hydrogen-bond acceptors (Lipinski definition) is 8. The Hall–Kier alpha value is -5.76. The highest BCUT2D eigenvalue weighted by Crippen LogP contribution is 2.44. The van der Waals surface area contributed by atoms with Crippen LogP contribution in [0, 0.1) is 0 Å². The molecule has 2 aromatic carbocycles. The molecule has 224 valence electrons. The molecular formula is C37H30N2O6. The van der Waals surface area contributed by atoms with Crippen LogP contribution in [0.5, 0.6) is 11.5 Å². The molecule has 0 saturated heterocycles. The van der Waals surface area contributed by atoms with Gasteiger partial charge in [-0.2, -0.15) is 0 Å². The summed E-state index contributed by atoms with van der Waals surface area (Å²) in [6.07, 6.45) is 8.97. The van der Waals surface area contributed by atoms with Gasteiger partial charge in [-0.05, 0) is 90.1 Å². The lowest BCUT2D eigenvalue weighted by Crippen LogP contribution is -2.17. The average Bonchev–Trinajstić information content (AvgIpc) is 3.06. The van der Waals surface area contributed by atoms with Crippen LogP contribution >= 0.6 is 0 Å². The minimum Gasteiger partial charge on any atom is -0.515 e.